The van der Waals surface area contributed by atoms with Crippen LogP contribution in [0.5, 0.6) is 0 Å². The van der Waals surface area contributed by atoms with E-state index in [1.807, 2.05) is 13.2 Å². The van der Waals surface area contributed by atoms with E-state index in [2.05, 4.69) is 70.2 Å². The van der Waals surface area contributed by atoms with E-state index in [0.717, 1.165) is 63.1 Å². The zero-order valence-electron chi connectivity index (χ0n) is 18.9. The number of aromatic nitrogens is 1. The first-order chi connectivity index (χ1) is 14.0. The van der Waals surface area contributed by atoms with E-state index in [-0.39, 0.29) is 6.10 Å². The quantitative estimate of drug-likeness (QED) is 0.461. The lowest BCUT2D eigenvalue weighted by Gasteiger charge is -2.32. The minimum atomic E-state index is 0.260. The number of hydrogen-bond donors (Lipinski definition) is 2. The fourth-order valence-corrected chi connectivity index (χ4v) is 3.58. The van der Waals surface area contributed by atoms with Crippen LogP contribution < -0.4 is 15.5 Å². The topological polar surface area (TPSA) is 65.0 Å². The van der Waals surface area contributed by atoms with Crippen LogP contribution in [0.4, 0.5) is 5.82 Å². The number of nitrogens with one attached hydrogen (secondary N) is 2. The highest BCUT2D eigenvalue weighted by Gasteiger charge is 2.17. The van der Waals surface area contributed by atoms with Crippen molar-refractivity contribution in [3.8, 4) is 0 Å². The number of hydrogen-bond acceptors (Lipinski definition) is 5. The maximum atomic E-state index is 5.61. The van der Waals surface area contributed by atoms with Crippen molar-refractivity contribution in [3.05, 3.63) is 23.9 Å². The van der Waals surface area contributed by atoms with Gasteiger partial charge in [0.05, 0.1) is 12.7 Å². The standard InChI is InChI=1S/C22H40N6O/c1-6-27(7-2)12-8-9-18(3)26-22(23-5)25-16-20-10-11-21(24-15-20)28-13-14-29-19(4)17-28/h10-11,15,18-19H,6-9,12-14,16-17H2,1-5H3,(H2,23,25,26). The summed E-state index contributed by atoms with van der Waals surface area (Å²) in [6, 6.07) is 4.62. The summed E-state index contributed by atoms with van der Waals surface area (Å²) in [7, 11) is 1.82. The third-order valence-electron chi connectivity index (χ3n) is 5.45. The number of anilines is 1. The van der Waals surface area contributed by atoms with Gasteiger partial charge in [-0.25, -0.2) is 4.98 Å². The minimum absolute atomic E-state index is 0.260. The third kappa shape index (κ3) is 8.19. The van der Waals surface area contributed by atoms with E-state index in [4.69, 9.17) is 4.74 Å². The minimum Gasteiger partial charge on any atom is -0.375 e. The first-order valence-corrected chi connectivity index (χ1v) is 11.1. The molecule has 0 bridgehead atoms. The summed E-state index contributed by atoms with van der Waals surface area (Å²) in [5, 5.41) is 6.89. The molecule has 7 heteroatoms. The number of morpholine rings is 1. The lowest BCUT2D eigenvalue weighted by Crippen LogP contribution is -2.42. The Bertz CT molecular complexity index is 602. The highest BCUT2D eigenvalue weighted by atomic mass is 16.5. The van der Waals surface area contributed by atoms with Crippen LogP contribution in [0.3, 0.4) is 0 Å². The van der Waals surface area contributed by atoms with Gasteiger partial charge in [-0.1, -0.05) is 19.9 Å². The molecule has 2 unspecified atom stereocenters. The Kier molecular flexibility index (Phi) is 10.2. The van der Waals surface area contributed by atoms with Crippen molar-refractivity contribution in [1.29, 1.82) is 0 Å². The monoisotopic (exact) mass is 404 g/mol. The average Bonchev–Trinajstić information content (AvgIpc) is 2.74. The van der Waals surface area contributed by atoms with E-state index >= 15 is 0 Å². The van der Waals surface area contributed by atoms with Gasteiger partial charge in [-0.05, 0) is 58.0 Å². The van der Waals surface area contributed by atoms with Gasteiger partial charge >= 0.3 is 0 Å². The van der Waals surface area contributed by atoms with Gasteiger partial charge in [0, 0.05) is 38.9 Å². The molecule has 1 aliphatic rings. The molecule has 1 fully saturated rings. The number of aliphatic imine (C=N–C) groups is 1. The van der Waals surface area contributed by atoms with Crippen molar-refractivity contribution in [3.63, 3.8) is 0 Å². The zero-order chi connectivity index (χ0) is 21.1. The first-order valence-electron chi connectivity index (χ1n) is 11.1. The van der Waals surface area contributed by atoms with Crippen molar-refractivity contribution in [2.75, 3.05) is 51.3 Å². The maximum absolute atomic E-state index is 5.61. The van der Waals surface area contributed by atoms with Crippen LogP contribution in [0.2, 0.25) is 0 Å². The van der Waals surface area contributed by atoms with Gasteiger partial charge in [0.2, 0.25) is 0 Å². The molecule has 2 N–H and O–H groups in total. The summed E-state index contributed by atoms with van der Waals surface area (Å²) in [6.07, 6.45) is 4.53. The first kappa shape index (κ1) is 23.4. The van der Waals surface area contributed by atoms with Crippen LogP contribution in [0, 0.1) is 0 Å². The Morgan fingerprint density at radius 2 is 2.17 bits per heavy atom. The SMILES string of the molecule is CCN(CC)CCCC(C)NC(=NC)NCc1ccc(N2CCOC(C)C2)nc1. The number of rotatable bonds is 10. The van der Waals surface area contributed by atoms with Gasteiger partial charge in [-0.15, -0.1) is 0 Å². The zero-order valence-corrected chi connectivity index (χ0v) is 18.9. The summed E-state index contributed by atoms with van der Waals surface area (Å²) >= 11 is 0. The Hall–Kier alpha value is -1.86. The van der Waals surface area contributed by atoms with Crippen LogP contribution in [0.25, 0.3) is 0 Å². The largest absolute Gasteiger partial charge is 0.375 e. The molecule has 1 aromatic heterocycles. The summed E-state index contributed by atoms with van der Waals surface area (Å²) in [5.41, 5.74) is 1.15. The molecule has 1 aromatic rings. The van der Waals surface area contributed by atoms with Crippen molar-refractivity contribution in [2.45, 2.75) is 59.2 Å². The third-order valence-corrected chi connectivity index (χ3v) is 5.45. The highest BCUT2D eigenvalue weighted by Crippen LogP contribution is 2.15. The average molecular weight is 405 g/mol. The molecule has 0 aliphatic carbocycles. The van der Waals surface area contributed by atoms with Gasteiger partial charge in [-0.2, -0.15) is 0 Å². The van der Waals surface area contributed by atoms with Crippen molar-refractivity contribution in [1.82, 2.24) is 20.5 Å². The molecule has 0 amide bonds. The second-order valence-corrected chi connectivity index (χ2v) is 7.79. The lowest BCUT2D eigenvalue weighted by molar-refractivity contribution is 0.0529. The lowest BCUT2D eigenvalue weighted by atomic mass is 10.2. The molecule has 0 spiro atoms. The van der Waals surface area contributed by atoms with Gasteiger partial charge in [0.1, 0.15) is 5.82 Å². The van der Waals surface area contributed by atoms with Crippen molar-refractivity contribution < 1.29 is 4.74 Å². The fraction of sp³-hybridized carbons (Fsp3) is 0.727. The molecule has 7 nitrogen and oxygen atoms in total. The fourth-order valence-electron chi connectivity index (χ4n) is 3.58. The molecular formula is C22H40N6O. The Morgan fingerprint density at radius 3 is 2.79 bits per heavy atom. The molecule has 2 heterocycles. The van der Waals surface area contributed by atoms with Crippen LogP contribution in [-0.4, -0.2) is 74.4 Å². The molecule has 164 valence electrons. The number of pyridine rings is 1. The maximum Gasteiger partial charge on any atom is 0.191 e. The number of ether oxygens (including phenoxy) is 1. The summed E-state index contributed by atoms with van der Waals surface area (Å²) in [4.78, 5) is 13.7. The van der Waals surface area contributed by atoms with Crippen LogP contribution in [-0.2, 0) is 11.3 Å². The Balaban J connectivity index is 1.74. The molecule has 0 aromatic carbocycles. The smallest absolute Gasteiger partial charge is 0.191 e. The summed E-state index contributed by atoms with van der Waals surface area (Å²) in [5.74, 6) is 1.86. The van der Waals surface area contributed by atoms with E-state index < -0.39 is 0 Å². The molecule has 1 aliphatic heterocycles. The molecule has 1 saturated heterocycles. The van der Waals surface area contributed by atoms with Gasteiger partial charge in [0.25, 0.3) is 0 Å². The normalized spacial score (nSPS) is 18.8. The molecule has 0 saturated carbocycles. The number of guanidine groups is 1. The Morgan fingerprint density at radius 1 is 1.38 bits per heavy atom. The molecule has 2 rings (SSSR count). The predicted octanol–water partition coefficient (Wildman–Crippen LogP) is 2.48. The second kappa shape index (κ2) is 12.6. The van der Waals surface area contributed by atoms with Crippen molar-refractivity contribution in [2.24, 2.45) is 4.99 Å². The van der Waals surface area contributed by atoms with Crippen molar-refractivity contribution >= 4 is 11.8 Å². The van der Waals surface area contributed by atoms with E-state index in [1.165, 1.54) is 6.42 Å². The summed E-state index contributed by atoms with van der Waals surface area (Å²) < 4.78 is 5.61. The van der Waals surface area contributed by atoms with E-state index in [1.54, 1.807) is 0 Å². The molecule has 29 heavy (non-hydrogen) atoms. The van der Waals surface area contributed by atoms with Crippen LogP contribution in [0.1, 0.15) is 46.1 Å². The second-order valence-electron chi connectivity index (χ2n) is 7.79. The molecule has 0 radical (unpaired) electrons. The molecular weight excluding hydrogens is 364 g/mol. The highest BCUT2D eigenvalue weighted by molar-refractivity contribution is 5.79. The van der Waals surface area contributed by atoms with Gasteiger partial charge in [-0.3, -0.25) is 4.99 Å². The number of nitrogens with zero attached hydrogens (tertiary/aromatic N) is 4. The summed E-state index contributed by atoms with van der Waals surface area (Å²) in [6.45, 7) is 15.4. The predicted molar refractivity (Wildman–Crippen MR) is 122 cm³/mol. The Labute approximate surface area is 176 Å². The molecule has 2 atom stereocenters. The van der Waals surface area contributed by atoms with Gasteiger partial charge < -0.3 is 25.2 Å². The van der Waals surface area contributed by atoms with Crippen LogP contribution in [0.15, 0.2) is 23.3 Å². The van der Waals surface area contributed by atoms with Crippen LogP contribution >= 0.6 is 0 Å². The van der Waals surface area contributed by atoms with Gasteiger partial charge in [0.15, 0.2) is 5.96 Å². The van der Waals surface area contributed by atoms with E-state index in [9.17, 15) is 0 Å². The van der Waals surface area contributed by atoms with E-state index in [0.29, 0.717) is 12.6 Å².